The minimum atomic E-state index is 0. The molecule has 31 heavy (non-hydrogen) atoms. The topological polar surface area (TPSA) is 85.2 Å². The second-order valence-corrected chi connectivity index (χ2v) is 9.03. The van der Waals surface area contributed by atoms with Gasteiger partial charge in [0, 0.05) is 62.9 Å². The van der Waals surface area contributed by atoms with Gasteiger partial charge in [0.25, 0.3) is 0 Å². The van der Waals surface area contributed by atoms with Crippen LogP contribution in [0.25, 0.3) is 5.48 Å². The monoisotopic (exact) mass is 671 g/mol. The molecular formula is C21H24BrN6OSW-. The van der Waals surface area contributed by atoms with E-state index in [0.717, 1.165) is 21.5 Å². The number of benzene rings is 2. The van der Waals surface area contributed by atoms with Gasteiger partial charge in [0.15, 0.2) is 0 Å². The van der Waals surface area contributed by atoms with E-state index in [4.69, 9.17) is 4.84 Å². The van der Waals surface area contributed by atoms with Crippen LogP contribution in [-0.4, -0.2) is 29.4 Å². The van der Waals surface area contributed by atoms with Crippen molar-refractivity contribution < 1.29 is 25.9 Å². The zero-order valence-electron chi connectivity index (χ0n) is 17.6. The molecule has 164 valence electrons. The molecule has 0 aliphatic carbocycles. The predicted molar refractivity (Wildman–Crippen MR) is 130 cm³/mol. The van der Waals surface area contributed by atoms with Crippen molar-refractivity contribution in [1.82, 2.24) is 9.97 Å². The Balaban J connectivity index is 0.00000341. The third-order valence-corrected chi connectivity index (χ3v) is 5.62. The molecule has 1 heterocycles. The van der Waals surface area contributed by atoms with Gasteiger partial charge in [-0.05, 0) is 46.3 Å². The number of rotatable bonds is 9. The molecule has 0 fully saturated rings. The van der Waals surface area contributed by atoms with E-state index in [1.807, 2.05) is 43.4 Å². The van der Waals surface area contributed by atoms with Crippen LogP contribution in [-0.2, 0) is 25.9 Å². The average molecular weight is 672 g/mol. The molecule has 0 saturated carbocycles. The summed E-state index contributed by atoms with van der Waals surface area (Å²) in [6.07, 6.45) is 1.72. The predicted octanol–water partition coefficient (Wildman–Crippen LogP) is 6.83. The van der Waals surface area contributed by atoms with Gasteiger partial charge in [-0.3, -0.25) is 0 Å². The number of thioether (sulfide) groups is 1. The number of nitrogens with one attached hydrogen (secondary N) is 3. The quantitative estimate of drug-likeness (QED) is 0.170. The fourth-order valence-corrected chi connectivity index (χ4v) is 3.89. The Morgan fingerprint density at radius 3 is 2.58 bits per heavy atom. The Kier molecular flexibility index (Phi) is 10.1. The second kappa shape index (κ2) is 12.3. The van der Waals surface area contributed by atoms with Crippen LogP contribution in [0.5, 0.6) is 0 Å². The first-order chi connectivity index (χ1) is 14.5. The average Bonchev–Trinajstić information content (AvgIpc) is 2.72. The van der Waals surface area contributed by atoms with Crippen molar-refractivity contribution in [2.24, 2.45) is 0 Å². The zero-order valence-corrected chi connectivity index (χ0v) is 23.0. The van der Waals surface area contributed by atoms with E-state index in [-0.39, 0.29) is 21.1 Å². The van der Waals surface area contributed by atoms with E-state index in [1.54, 1.807) is 18.0 Å². The van der Waals surface area contributed by atoms with Crippen LogP contribution in [0.4, 0.5) is 34.5 Å². The Morgan fingerprint density at radius 1 is 1.10 bits per heavy atom. The summed E-state index contributed by atoms with van der Waals surface area (Å²) in [7, 11) is 3.35. The number of hydrogen-bond donors (Lipinski definition) is 3. The minimum Gasteiger partial charge on any atom is -0.561 e. The molecule has 3 rings (SSSR count). The molecule has 0 spiro atoms. The molecule has 10 heteroatoms. The maximum atomic E-state index is 4.92. The van der Waals surface area contributed by atoms with Gasteiger partial charge < -0.3 is 26.3 Å². The molecule has 0 amide bonds. The molecule has 0 unspecified atom stereocenters. The molecule has 3 aromatic rings. The van der Waals surface area contributed by atoms with Gasteiger partial charge in [0.1, 0.15) is 5.82 Å². The fraction of sp³-hybridized carbons (Fsp3) is 0.238. The summed E-state index contributed by atoms with van der Waals surface area (Å²) < 4.78 is 0.776. The first kappa shape index (κ1) is 25.5. The number of anilines is 5. The van der Waals surface area contributed by atoms with E-state index in [0.29, 0.717) is 22.7 Å². The summed E-state index contributed by atoms with van der Waals surface area (Å²) in [5.41, 5.74) is 7.38. The van der Waals surface area contributed by atoms with Crippen LogP contribution in [0.3, 0.4) is 0 Å². The summed E-state index contributed by atoms with van der Waals surface area (Å²) >= 11 is 5.34. The Morgan fingerprint density at radius 2 is 1.87 bits per heavy atom. The van der Waals surface area contributed by atoms with Gasteiger partial charge in [-0.2, -0.15) is 4.98 Å². The zero-order chi connectivity index (χ0) is 21.5. The Labute approximate surface area is 209 Å². The summed E-state index contributed by atoms with van der Waals surface area (Å²) in [4.78, 5) is 15.1. The van der Waals surface area contributed by atoms with Crippen molar-refractivity contribution in [1.29, 1.82) is 0 Å². The Bertz CT molecular complexity index is 1010. The molecule has 0 atom stereocenters. The third-order valence-electron chi connectivity index (χ3n) is 3.96. The van der Waals surface area contributed by atoms with Crippen molar-refractivity contribution in [2.75, 3.05) is 30.1 Å². The van der Waals surface area contributed by atoms with Crippen molar-refractivity contribution in [3.05, 3.63) is 58.6 Å². The van der Waals surface area contributed by atoms with E-state index < -0.39 is 0 Å². The van der Waals surface area contributed by atoms with E-state index >= 15 is 0 Å². The van der Waals surface area contributed by atoms with Gasteiger partial charge in [-0.25, -0.2) is 4.98 Å². The largest absolute Gasteiger partial charge is 0.561 e. The van der Waals surface area contributed by atoms with Crippen LogP contribution >= 0.6 is 27.7 Å². The normalized spacial score (nSPS) is 10.4. The molecule has 0 bridgehead atoms. The van der Waals surface area contributed by atoms with Gasteiger partial charge in [-0.1, -0.05) is 31.7 Å². The molecule has 0 radical (unpaired) electrons. The van der Waals surface area contributed by atoms with Gasteiger partial charge >= 0.3 is 0 Å². The SMILES string of the molecule is CNc1ccc(Nc2ncc(Br)c(Nc3ccccc3SC(C)C)n2)cc1[N-]OC.[W]. The maximum Gasteiger partial charge on any atom is 0.229 e. The molecule has 1 aromatic heterocycles. The van der Waals surface area contributed by atoms with Crippen molar-refractivity contribution in [2.45, 2.75) is 24.0 Å². The van der Waals surface area contributed by atoms with Crippen molar-refractivity contribution in [3.8, 4) is 0 Å². The standard InChI is InChI=1S/C21H24BrN6OS.W/c1-13(2)30-19-8-6-5-7-17(19)26-20-15(22)12-24-21(27-20)25-14-9-10-16(23-3)18(11-14)28-29-4;/h5-13,23H,1-4H3,(H2,24,25,26,27);/q-1;. The van der Waals surface area contributed by atoms with Crippen LogP contribution in [0, 0.1) is 0 Å². The van der Waals surface area contributed by atoms with Gasteiger partial charge in [0.05, 0.1) is 10.2 Å². The molecular weight excluding hydrogens is 648 g/mol. The molecule has 2 aromatic carbocycles. The van der Waals surface area contributed by atoms with Crippen LogP contribution in [0.2, 0.25) is 0 Å². The molecule has 3 N–H and O–H groups in total. The first-order valence-corrected chi connectivity index (χ1v) is 11.1. The summed E-state index contributed by atoms with van der Waals surface area (Å²) in [6, 6.07) is 13.9. The smallest absolute Gasteiger partial charge is 0.229 e. The van der Waals surface area contributed by atoms with E-state index in [1.165, 1.54) is 12.0 Å². The van der Waals surface area contributed by atoms with E-state index in [2.05, 4.69) is 67.2 Å². The summed E-state index contributed by atoms with van der Waals surface area (Å²) in [6.45, 7) is 4.35. The van der Waals surface area contributed by atoms with Gasteiger partial charge in [-0.15, -0.1) is 11.8 Å². The number of nitrogens with zero attached hydrogens (tertiary/aromatic N) is 3. The van der Waals surface area contributed by atoms with E-state index in [9.17, 15) is 0 Å². The number of aromatic nitrogens is 2. The minimum absolute atomic E-state index is 0. The van der Waals surface area contributed by atoms with Crippen LogP contribution in [0.15, 0.2) is 58.0 Å². The fourth-order valence-electron chi connectivity index (χ4n) is 2.69. The summed E-state index contributed by atoms with van der Waals surface area (Å²) in [5.74, 6) is 1.15. The number of halogens is 1. The second-order valence-electron chi connectivity index (χ2n) is 6.56. The van der Waals surface area contributed by atoms with Gasteiger partial charge in [0.2, 0.25) is 5.95 Å². The first-order valence-electron chi connectivity index (χ1n) is 9.38. The third kappa shape index (κ3) is 7.10. The maximum absolute atomic E-state index is 4.92. The number of para-hydroxylation sites is 1. The molecule has 7 nitrogen and oxygen atoms in total. The van der Waals surface area contributed by atoms with Crippen molar-refractivity contribution >= 4 is 62.2 Å². The molecule has 0 saturated heterocycles. The number of hydrogen-bond acceptors (Lipinski definition) is 7. The van der Waals surface area contributed by atoms with Crippen LogP contribution in [0.1, 0.15) is 13.8 Å². The van der Waals surface area contributed by atoms with Crippen LogP contribution < -0.4 is 16.0 Å². The Hall–Kier alpha value is -1.80. The molecule has 0 aliphatic heterocycles. The van der Waals surface area contributed by atoms with Crippen molar-refractivity contribution in [3.63, 3.8) is 0 Å². The summed E-state index contributed by atoms with van der Waals surface area (Å²) in [5, 5.41) is 10.2. The molecule has 0 aliphatic rings.